The molecule has 0 aliphatic rings. The van der Waals surface area contributed by atoms with Gasteiger partial charge in [-0.2, -0.15) is 0 Å². The molecule has 0 saturated heterocycles. The molecule has 0 bridgehead atoms. The summed E-state index contributed by atoms with van der Waals surface area (Å²) in [6.07, 6.45) is 8.88. The Morgan fingerprint density at radius 2 is 1.68 bits per heavy atom. The van der Waals surface area contributed by atoms with E-state index >= 15 is 0 Å². The molecule has 0 heterocycles. The van der Waals surface area contributed by atoms with Gasteiger partial charge >= 0.3 is 0 Å². The largest absolute Gasteiger partial charge is 0.350 e. The molecule has 106 valence electrons. The Morgan fingerprint density at radius 1 is 1.05 bits per heavy atom. The maximum Gasteiger partial charge on any atom is 0.251 e. The monoisotopic (exact) mass is 261 g/mol. The van der Waals surface area contributed by atoms with Crippen molar-refractivity contribution >= 4 is 5.91 Å². The zero-order chi connectivity index (χ0) is 13.9. The Labute approximate surface area is 117 Å². The third-order valence-electron chi connectivity index (χ3n) is 3.40. The summed E-state index contributed by atoms with van der Waals surface area (Å²) in [6, 6.07) is 9.69. The normalized spacial score (nSPS) is 12.1. The van der Waals surface area contributed by atoms with Crippen molar-refractivity contribution in [1.29, 1.82) is 0 Å². The standard InChI is InChI=1S/C17H27NO/c1-3-4-5-6-7-9-12-15(2)18-17(19)16-13-10-8-11-14-16/h8,10-11,13-15H,3-7,9,12H2,1-2H3,(H,18,19). The van der Waals surface area contributed by atoms with E-state index in [-0.39, 0.29) is 11.9 Å². The van der Waals surface area contributed by atoms with Gasteiger partial charge in [-0.15, -0.1) is 0 Å². The molecule has 0 radical (unpaired) electrons. The van der Waals surface area contributed by atoms with E-state index in [0.29, 0.717) is 0 Å². The molecule has 1 unspecified atom stereocenters. The summed E-state index contributed by atoms with van der Waals surface area (Å²) in [4.78, 5) is 11.9. The Balaban J connectivity index is 2.14. The van der Waals surface area contributed by atoms with Gasteiger partial charge in [0.15, 0.2) is 0 Å². The molecule has 1 amide bonds. The smallest absolute Gasteiger partial charge is 0.251 e. The lowest BCUT2D eigenvalue weighted by Gasteiger charge is -2.13. The zero-order valence-electron chi connectivity index (χ0n) is 12.3. The first-order valence-electron chi connectivity index (χ1n) is 7.60. The summed E-state index contributed by atoms with van der Waals surface area (Å²) in [5.41, 5.74) is 0.747. The molecule has 1 N–H and O–H groups in total. The minimum absolute atomic E-state index is 0.0408. The van der Waals surface area contributed by atoms with Gasteiger partial charge in [-0.3, -0.25) is 4.79 Å². The van der Waals surface area contributed by atoms with E-state index in [4.69, 9.17) is 0 Å². The molecule has 1 atom stereocenters. The van der Waals surface area contributed by atoms with Crippen LogP contribution in [0.25, 0.3) is 0 Å². The highest BCUT2D eigenvalue weighted by Gasteiger charge is 2.08. The Kier molecular flexibility index (Phi) is 7.95. The topological polar surface area (TPSA) is 29.1 Å². The SMILES string of the molecule is CCCCCCCCC(C)NC(=O)c1ccccc1. The second-order valence-corrected chi connectivity index (χ2v) is 5.30. The minimum atomic E-state index is 0.0408. The number of unbranched alkanes of at least 4 members (excludes halogenated alkanes) is 5. The van der Waals surface area contributed by atoms with Crippen LogP contribution in [0.3, 0.4) is 0 Å². The molecule has 0 aliphatic heterocycles. The molecule has 19 heavy (non-hydrogen) atoms. The molecule has 1 rings (SSSR count). The van der Waals surface area contributed by atoms with Gasteiger partial charge in [-0.1, -0.05) is 63.6 Å². The van der Waals surface area contributed by atoms with Gasteiger partial charge in [0.05, 0.1) is 0 Å². The van der Waals surface area contributed by atoms with Crippen LogP contribution in [0.1, 0.15) is 69.2 Å². The van der Waals surface area contributed by atoms with Crippen molar-refractivity contribution in [2.75, 3.05) is 0 Å². The number of carbonyl (C=O) groups is 1. The summed E-state index contributed by atoms with van der Waals surface area (Å²) in [5.74, 6) is 0.0408. The number of hydrogen-bond acceptors (Lipinski definition) is 1. The summed E-state index contributed by atoms with van der Waals surface area (Å²) in [6.45, 7) is 4.33. The average Bonchev–Trinajstić information content (AvgIpc) is 2.43. The summed E-state index contributed by atoms with van der Waals surface area (Å²) in [7, 11) is 0. The molecule has 0 aromatic heterocycles. The lowest BCUT2D eigenvalue weighted by Crippen LogP contribution is -2.32. The average molecular weight is 261 g/mol. The Bertz CT molecular complexity index is 348. The maximum absolute atomic E-state index is 11.9. The third-order valence-corrected chi connectivity index (χ3v) is 3.40. The van der Waals surface area contributed by atoms with Crippen LogP contribution in [0, 0.1) is 0 Å². The first-order chi connectivity index (χ1) is 9.24. The van der Waals surface area contributed by atoms with E-state index in [1.807, 2.05) is 30.3 Å². The lowest BCUT2D eigenvalue weighted by molar-refractivity contribution is 0.0938. The predicted octanol–water partition coefficient (Wildman–Crippen LogP) is 4.56. The molecule has 1 aromatic carbocycles. The van der Waals surface area contributed by atoms with Crippen LogP contribution in [-0.2, 0) is 0 Å². The van der Waals surface area contributed by atoms with E-state index < -0.39 is 0 Å². The van der Waals surface area contributed by atoms with E-state index in [0.717, 1.165) is 12.0 Å². The Morgan fingerprint density at radius 3 is 2.37 bits per heavy atom. The Hall–Kier alpha value is -1.31. The van der Waals surface area contributed by atoms with Crippen molar-refractivity contribution in [3.8, 4) is 0 Å². The molecule has 2 nitrogen and oxygen atoms in total. The number of hydrogen-bond donors (Lipinski definition) is 1. The van der Waals surface area contributed by atoms with E-state index in [1.165, 1.54) is 38.5 Å². The van der Waals surface area contributed by atoms with Crippen LogP contribution < -0.4 is 5.32 Å². The molecule has 0 aliphatic carbocycles. The lowest BCUT2D eigenvalue weighted by atomic mass is 10.1. The van der Waals surface area contributed by atoms with Crippen molar-refractivity contribution in [3.63, 3.8) is 0 Å². The molecule has 0 fully saturated rings. The fraction of sp³-hybridized carbons (Fsp3) is 0.588. The first-order valence-corrected chi connectivity index (χ1v) is 7.60. The van der Waals surface area contributed by atoms with Crippen LogP contribution >= 0.6 is 0 Å². The first kappa shape index (κ1) is 15.7. The van der Waals surface area contributed by atoms with Gasteiger partial charge in [0.2, 0.25) is 0 Å². The highest BCUT2D eigenvalue weighted by Crippen LogP contribution is 2.09. The second-order valence-electron chi connectivity index (χ2n) is 5.30. The molecular formula is C17H27NO. The van der Waals surface area contributed by atoms with Crippen molar-refractivity contribution in [2.45, 2.75) is 64.8 Å². The van der Waals surface area contributed by atoms with Crippen molar-refractivity contribution in [2.24, 2.45) is 0 Å². The van der Waals surface area contributed by atoms with Crippen LogP contribution in [0.2, 0.25) is 0 Å². The molecule has 0 saturated carbocycles. The van der Waals surface area contributed by atoms with Crippen LogP contribution in [-0.4, -0.2) is 11.9 Å². The van der Waals surface area contributed by atoms with Gasteiger partial charge in [0, 0.05) is 11.6 Å². The molecule has 2 heteroatoms. The fourth-order valence-electron chi connectivity index (χ4n) is 2.20. The van der Waals surface area contributed by atoms with Gasteiger partial charge in [0.1, 0.15) is 0 Å². The van der Waals surface area contributed by atoms with Gasteiger partial charge < -0.3 is 5.32 Å². The van der Waals surface area contributed by atoms with Crippen molar-refractivity contribution < 1.29 is 4.79 Å². The summed E-state index contributed by atoms with van der Waals surface area (Å²) in [5, 5.41) is 3.06. The van der Waals surface area contributed by atoms with E-state index in [2.05, 4.69) is 19.2 Å². The zero-order valence-corrected chi connectivity index (χ0v) is 12.3. The third kappa shape index (κ3) is 7.00. The predicted molar refractivity (Wildman–Crippen MR) is 81.4 cm³/mol. The van der Waals surface area contributed by atoms with Gasteiger partial charge in [-0.25, -0.2) is 0 Å². The van der Waals surface area contributed by atoms with Crippen LogP contribution in [0.5, 0.6) is 0 Å². The van der Waals surface area contributed by atoms with E-state index in [1.54, 1.807) is 0 Å². The number of nitrogens with one attached hydrogen (secondary N) is 1. The molecule has 0 spiro atoms. The van der Waals surface area contributed by atoms with Crippen LogP contribution in [0.4, 0.5) is 0 Å². The number of rotatable bonds is 9. The van der Waals surface area contributed by atoms with E-state index in [9.17, 15) is 4.79 Å². The summed E-state index contributed by atoms with van der Waals surface area (Å²) >= 11 is 0. The number of amides is 1. The van der Waals surface area contributed by atoms with Crippen molar-refractivity contribution in [3.05, 3.63) is 35.9 Å². The maximum atomic E-state index is 11.9. The van der Waals surface area contributed by atoms with Gasteiger partial charge in [-0.05, 0) is 25.5 Å². The quantitative estimate of drug-likeness (QED) is 0.649. The fourth-order valence-corrected chi connectivity index (χ4v) is 2.20. The summed E-state index contributed by atoms with van der Waals surface area (Å²) < 4.78 is 0. The molecular weight excluding hydrogens is 234 g/mol. The van der Waals surface area contributed by atoms with Crippen molar-refractivity contribution in [1.82, 2.24) is 5.32 Å². The second kappa shape index (κ2) is 9.60. The van der Waals surface area contributed by atoms with Gasteiger partial charge in [0.25, 0.3) is 5.91 Å². The van der Waals surface area contributed by atoms with Crippen LogP contribution in [0.15, 0.2) is 30.3 Å². The number of benzene rings is 1. The minimum Gasteiger partial charge on any atom is -0.350 e. The number of carbonyl (C=O) groups excluding carboxylic acids is 1. The molecule has 1 aromatic rings. The highest BCUT2D eigenvalue weighted by molar-refractivity contribution is 5.94. The highest BCUT2D eigenvalue weighted by atomic mass is 16.1.